The smallest absolute Gasteiger partial charge is 0.319 e. The van der Waals surface area contributed by atoms with Crippen molar-refractivity contribution in [2.75, 3.05) is 19.5 Å². The van der Waals surface area contributed by atoms with E-state index in [1.54, 1.807) is 25.1 Å². The fraction of sp³-hybridized carbons (Fsp3) is 0.467. The molecule has 0 aliphatic rings. The van der Waals surface area contributed by atoms with Crippen molar-refractivity contribution in [3.05, 3.63) is 18.2 Å². The molecule has 0 saturated heterocycles. The molecule has 2 atom stereocenters. The number of hydrogen-bond donors (Lipinski definition) is 2. The van der Waals surface area contributed by atoms with Crippen molar-refractivity contribution in [1.82, 2.24) is 5.32 Å². The standard InChI is InChI=1S/C15H22N2O5/c1-5-9(2)13(14(18)19)17-15(20)16-11-7-6-10(21-3)8-12(11)22-4/h6-9,13H,5H2,1-4H3,(H,18,19)(H2,16,17,20)/p-1/t9-,13+/m1/s1. The van der Waals surface area contributed by atoms with Crippen molar-refractivity contribution >= 4 is 17.7 Å². The van der Waals surface area contributed by atoms with Crippen LogP contribution in [0.4, 0.5) is 10.5 Å². The van der Waals surface area contributed by atoms with E-state index in [0.29, 0.717) is 23.6 Å². The van der Waals surface area contributed by atoms with Gasteiger partial charge in [0, 0.05) is 6.07 Å². The number of carboxylic acids is 1. The van der Waals surface area contributed by atoms with Crippen LogP contribution in [-0.4, -0.2) is 32.3 Å². The Labute approximate surface area is 129 Å². The van der Waals surface area contributed by atoms with Gasteiger partial charge in [-0.15, -0.1) is 0 Å². The fourth-order valence-corrected chi connectivity index (χ4v) is 1.87. The highest BCUT2D eigenvalue weighted by atomic mass is 16.5. The Bertz CT molecular complexity index is 533. The highest BCUT2D eigenvalue weighted by Crippen LogP contribution is 2.28. The number of ether oxygens (including phenoxy) is 2. The van der Waals surface area contributed by atoms with Gasteiger partial charge in [-0.3, -0.25) is 0 Å². The number of aliphatic carboxylic acids is 1. The van der Waals surface area contributed by atoms with Crippen LogP contribution in [0.2, 0.25) is 0 Å². The van der Waals surface area contributed by atoms with Gasteiger partial charge in [0.05, 0.1) is 31.9 Å². The van der Waals surface area contributed by atoms with E-state index in [4.69, 9.17) is 9.47 Å². The van der Waals surface area contributed by atoms with Crippen molar-refractivity contribution in [3.63, 3.8) is 0 Å². The average molecular weight is 309 g/mol. The number of benzene rings is 1. The zero-order chi connectivity index (χ0) is 16.7. The topological polar surface area (TPSA) is 99.7 Å². The highest BCUT2D eigenvalue weighted by molar-refractivity contribution is 5.93. The average Bonchev–Trinajstić information content (AvgIpc) is 2.51. The lowest BCUT2D eigenvalue weighted by molar-refractivity contribution is -0.309. The summed E-state index contributed by atoms with van der Waals surface area (Å²) in [5.41, 5.74) is 0.405. The number of urea groups is 1. The summed E-state index contributed by atoms with van der Waals surface area (Å²) in [5.74, 6) is -0.572. The van der Waals surface area contributed by atoms with E-state index in [2.05, 4.69) is 10.6 Å². The molecule has 0 aromatic heterocycles. The first-order chi connectivity index (χ1) is 10.4. The van der Waals surface area contributed by atoms with Gasteiger partial charge in [-0.1, -0.05) is 20.3 Å². The highest BCUT2D eigenvalue weighted by Gasteiger charge is 2.20. The molecule has 0 saturated carbocycles. The zero-order valence-corrected chi connectivity index (χ0v) is 13.1. The first kappa shape index (κ1) is 17.6. The van der Waals surface area contributed by atoms with Crippen LogP contribution in [0.5, 0.6) is 11.5 Å². The number of anilines is 1. The molecule has 0 heterocycles. The maximum Gasteiger partial charge on any atom is 0.319 e. The fourth-order valence-electron chi connectivity index (χ4n) is 1.87. The Morgan fingerprint density at radius 2 is 1.95 bits per heavy atom. The summed E-state index contributed by atoms with van der Waals surface area (Å²) >= 11 is 0. The van der Waals surface area contributed by atoms with Gasteiger partial charge in [0.15, 0.2) is 0 Å². The molecule has 0 spiro atoms. The Morgan fingerprint density at radius 1 is 1.27 bits per heavy atom. The van der Waals surface area contributed by atoms with Gasteiger partial charge < -0.3 is 30.0 Å². The molecular weight excluding hydrogens is 288 g/mol. The molecule has 2 N–H and O–H groups in total. The second-order valence-electron chi connectivity index (χ2n) is 4.85. The summed E-state index contributed by atoms with van der Waals surface area (Å²) in [6, 6.07) is 3.17. The number of hydrogen-bond acceptors (Lipinski definition) is 5. The lowest BCUT2D eigenvalue weighted by atomic mass is 9.99. The summed E-state index contributed by atoms with van der Waals surface area (Å²) in [6.07, 6.45) is 0.602. The molecular formula is C15H21N2O5-. The van der Waals surface area contributed by atoms with E-state index in [-0.39, 0.29) is 5.92 Å². The van der Waals surface area contributed by atoms with Crippen molar-refractivity contribution in [2.24, 2.45) is 5.92 Å². The molecule has 0 aliphatic heterocycles. The summed E-state index contributed by atoms with van der Waals surface area (Å²) in [4.78, 5) is 23.1. The van der Waals surface area contributed by atoms with Crippen LogP contribution >= 0.6 is 0 Å². The van der Waals surface area contributed by atoms with Crippen LogP contribution in [0.3, 0.4) is 0 Å². The minimum Gasteiger partial charge on any atom is -0.548 e. The van der Waals surface area contributed by atoms with E-state index < -0.39 is 18.0 Å². The number of nitrogens with one attached hydrogen (secondary N) is 2. The maximum absolute atomic E-state index is 12.0. The minimum atomic E-state index is -1.31. The minimum absolute atomic E-state index is 0.242. The van der Waals surface area contributed by atoms with Crippen LogP contribution in [0.25, 0.3) is 0 Å². The summed E-state index contributed by atoms with van der Waals surface area (Å²) in [5, 5.41) is 16.1. The van der Waals surface area contributed by atoms with E-state index in [1.165, 1.54) is 14.2 Å². The lowest BCUT2D eigenvalue weighted by Gasteiger charge is -2.25. The first-order valence-corrected chi connectivity index (χ1v) is 6.93. The van der Waals surface area contributed by atoms with E-state index in [0.717, 1.165) is 0 Å². The number of rotatable bonds is 7. The Balaban J connectivity index is 2.81. The van der Waals surface area contributed by atoms with E-state index in [1.807, 2.05) is 6.92 Å². The monoisotopic (exact) mass is 309 g/mol. The normalized spacial score (nSPS) is 12.9. The number of carbonyl (C=O) groups is 2. The molecule has 22 heavy (non-hydrogen) atoms. The van der Waals surface area contributed by atoms with E-state index in [9.17, 15) is 14.7 Å². The second kappa shape index (κ2) is 8.11. The SMILES string of the molecule is CC[C@@H](C)[C@H](NC(=O)Nc1ccc(OC)cc1OC)C(=O)[O-]. The molecule has 2 amide bonds. The molecule has 1 aromatic carbocycles. The predicted molar refractivity (Wildman–Crippen MR) is 80.0 cm³/mol. The van der Waals surface area contributed by atoms with Gasteiger partial charge in [-0.2, -0.15) is 0 Å². The number of carbonyl (C=O) groups excluding carboxylic acids is 2. The third-order valence-electron chi connectivity index (χ3n) is 3.41. The Kier molecular flexibility index (Phi) is 6.49. The molecule has 0 unspecified atom stereocenters. The molecule has 1 rings (SSSR count). The van der Waals surface area contributed by atoms with Crippen molar-refractivity contribution in [1.29, 1.82) is 0 Å². The van der Waals surface area contributed by atoms with Crippen LogP contribution in [0.15, 0.2) is 18.2 Å². The molecule has 7 heteroatoms. The Hall–Kier alpha value is -2.44. The third kappa shape index (κ3) is 4.54. The summed E-state index contributed by atoms with van der Waals surface area (Å²) < 4.78 is 10.2. The largest absolute Gasteiger partial charge is 0.548 e. The van der Waals surface area contributed by atoms with Gasteiger partial charge in [0.2, 0.25) is 0 Å². The van der Waals surface area contributed by atoms with E-state index >= 15 is 0 Å². The van der Waals surface area contributed by atoms with Crippen molar-refractivity contribution in [2.45, 2.75) is 26.3 Å². The Morgan fingerprint density at radius 3 is 2.45 bits per heavy atom. The van der Waals surface area contributed by atoms with Gasteiger partial charge in [0.1, 0.15) is 11.5 Å². The molecule has 0 aliphatic carbocycles. The predicted octanol–water partition coefficient (Wildman–Crippen LogP) is 0.990. The molecule has 7 nitrogen and oxygen atoms in total. The van der Waals surface area contributed by atoms with Crippen LogP contribution < -0.4 is 25.2 Å². The number of carboxylic acid groups (broad SMARTS) is 1. The van der Waals surface area contributed by atoms with Gasteiger partial charge >= 0.3 is 6.03 Å². The number of amides is 2. The molecule has 122 valence electrons. The van der Waals surface area contributed by atoms with Crippen molar-refractivity contribution in [3.8, 4) is 11.5 Å². The summed E-state index contributed by atoms with van der Waals surface area (Å²) in [6.45, 7) is 3.57. The zero-order valence-electron chi connectivity index (χ0n) is 13.1. The molecule has 0 fully saturated rings. The van der Waals surface area contributed by atoms with Crippen LogP contribution in [0.1, 0.15) is 20.3 Å². The molecule has 0 radical (unpaired) electrons. The van der Waals surface area contributed by atoms with Crippen molar-refractivity contribution < 1.29 is 24.2 Å². The second-order valence-corrected chi connectivity index (χ2v) is 4.85. The quantitative estimate of drug-likeness (QED) is 0.782. The number of methoxy groups -OCH3 is 2. The van der Waals surface area contributed by atoms with Gasteiger partial charge in [-0.25, -0.2) is 4.79 Å². The van der Waals surface area contributed by atoms with Crippen LogP contribution in [-0.2, 0) is 4.79 Å². The van der Waals surface area contributed by atoms with Gasteiger partial charge in [0.25, 0.3) is 0 Å². The first-order valence-electron chi connectivity index (χ1n) is 6.93. The van der Waals surface area contributed by atoms with Gasteiger partial charge in [-0.05, 0) is 18.1 Å². The summed E-state index contributed by atoms with van der Waals surface area (Å²) in [7, 11) is 2.98. The lowest BCUT2D eigenvalue weighted by Crippen LogP contribution is -2.52. The van der Waals surface area contributed by atoms with Crippen LogP contribution in [0, 0.1) is 5.92 Å². The third-order valence-corrected chi connectivity index (χ3v) is 3.41. The molecule has 0 bridgehead atoms. The maximum atomic E-state index is 12.0. The molecule has 1 aromatic rings.